The van der Waals surface area contributed by atoms with Crippen molar-refractivity contribution in [2.45, 2.75) is 13.2 Å². The van der Waals surface area contributed by atoms with Crippen molar-refractivity contribution >= 4 is 5.91 Å². The first kappa shape index (κ1) is 18.4. The van der Waals surface area contributed by atoms with Gasteiger partial charge in [-0.05, 0) is 48.5 Å². The monoisotopic (exact) mass is 392 g/mol. The van der Waals surface area contributed by atoms with Crippen molar-refractivity contribution in [2.24, 2.45) is 0 Å². The molecule has 1 N–H and O–H groups in total. The second-order valence-electron chi connectivity index (χ2n) is 6.13. The summed E-state index contributed by atoms with van der Waals surface area (Å²) in [6.45, 7) is 0.398. The molecule has 29 heavy (non-hydrogen) atoms. The van der Waals surface area contributed by atoms with E-state index in [0.29, 0.717) is 17.3 Å². The number of furan rings is 1. The van der Waals surface area contributed by atoms with E-state index in [1.54, 1.807) is 47.5 Å². The Hall–Kier alpha value is -3.94. The van der Waals surface area contributed by atoms with E-state index >= 15 is 0 Å². The van der Waals surface area contributed by atoms with E-state index in [0.717, 1.165) is 5.56 Å². The van der Waals surface area contributed by atoms with E-state index in [4.69, 9.17) is 9.15 Å². The predicted molar refractivity (Wildman–Crippen MR) is 102 cm³/mol. The number of amides is 1. The van der Waals surface area contributed by atoms with Crippen LogP contribution in [0.2, 0.25) is 0 Å². The molecule has 4 aromatic rings. The first-order valence-electron chi connectivity index (χ1n) is 8.88. The minimum absolute atomic E-state index is 0.130. The number of aromatic nitrogens is 3. The Balaban J connectivity index is 1.36. The summed E-state index contributed by atoms with van der Waals surface area (Å²) >= 11 is 0. The second kappa shape index (κ2) is 8.39. The number of carbonyl (C=O) groups excluding carboxylic acids is 1. The molecule has 0 aliphatic carbocycles. The molecule has 3 heterocycles. The lowest BCUT2D eigenvalue weighted by Gasteiger charge is -2.09. The SMILES string of the molecule is O=C(NCc1cccnc1-n1cccn1)c1ccc(COc2ccc(F)cc2)o1. The van der Waals surface area contributed by atoms with Crippen molar-refractivity contribution in [3.8, 4) is 11.6 Å². The lowest BCUT2D eigenvalue weighted by atomic mass is 10.2. The Morgan fingerprint density at radius 1 is 1.10 bits per heavy atom. The number of ether oxygens (including phenoxy) is 1. The first-order chi connectivity index (χ1) is 14.2. The molecule has 3 aromatic heterocycles. The number of benzene rings is 1. The van der Waals surface area contributed by atoms with Gasteiger partial charge >= 0.3 is 0 Å². The van der Waals surface area contributed by atoms with Gasteiger partial charge in [0.15, 0.2) is 11.6 Å². The first-order valence-corrected chi connectivity index (χ1v) is 8.88. The van der Waals surface area contributed by atoms with E-state index in [-0.39, 0.29) is 30.6 Å². The van der Waals surface area contributed by atoms with Crippen LogP contribution in [0.4, 0.5) is 4.39 Å². The molecular formula is C21H17FN4O3. The molecule has 0 radical (unpaired) electrons. The van der Waals surface area contributed by atoms with Gasteiger partial charge in [0.25, 0.3) is 5.91 Å². The van der Waals surface area contributed by atoms with Gasteiger partial charge in [-0.3, -0.25) is 4.79 Å². The Bertz CT molecular complexity index is 1090. The highest BCUT2D eigenvalue weighted by molar-refractivity contribution is 5.91. The molecule has 0 saturated heterocycles. The summed E-state index contributed by atoms with van der Waals surface area (Å²) < 4.78 is 25.6. The molecule has 0 bridgehead atoms. The van der Waals surface area contributed by atoms with Gasteiger partial charge in [0.1, 0.15) is 23.9 Å². The Morgan fingerprint density at radius 3 is 2.76 bits per heavy atom. The van der Waals surface area contributed by atoms with Gasteiger partial charge < -0.3 is 14.5 Å². The van der Waals surface area contributed by atoms with Crippen molar-refractivity contribution in [1.29, 1.82) is 0 Å². The van der Waals surface area contributed by atoms with Crippen molar-refractivity contribution in [1.82, 2.24) is 20.1 Å². The van der Waals surface area contributed by atoms with E-state index in [1.165, 1.54) is 24.3 Å². The van der Waals surface area contributed by atoms with Crippen LogP contribution in [-0.4, -0.2) is 20.7 Å². The maximum Gasteiger partial charge on any atom is 0.287 e. The predicted octanol–water partition coefficient (Wildman–Crippen LogP) is 3.51. The largest absolute Gasteiger partial charge is 0.486 e. The Morgan fingerprint density at radius 2 is 1.97 bits per heavy atom. The molecule has 1 aromatic carbocycles. The van der Waals surface area contributed by atoms with Gasteiger partial charge in [-0.25, -0.2) is 14.1 Å². The van der Waals surface area contributed by atoms with Gasteiger partial charge in [0.2, 0.25) is 0 Å². The molecule has 0 unspecified atom stereocenters. The average Bonchev–Trinajstić information content (AvgIpc) is 3.44. The lowest BCUT2D eigenvalue weighted by molar-refractivity contribution is 0.0919. The molecule has 0 aliphatic rings. The number of halogens is 1. The van der Waals surface area contributed by atoms with Crippen LogP contribution in [0.3, 0.4) is 0 Å². The van der Waals surface area contributed by atoms with E-state index < -0.39 is 0 Å². The van der Waals surface area contributed by atoms with Gasteiger partial charge in [0, 0.05) is 30.7 Å². The van der Waals surface area contributed by atoms with Gasteiger partial charge in [-0.2, -0.15) is 5.10 Å². The van der Waals surface area contributed by atoms with E-state index in [1.807, 2.05) is 6.07 Å². The maximum atomic E-state index is 12.9. The summed E-state index contributed by atoms with van der Waals surface area (Å²) in [6.07, 6.45) is 5.12. The van der Waals surface area contributed by atoms with E-state index in [2.05, 4.69) is 15.4 Å². The third kappa shape index (κ3) is 4.49. The quantitative estimate of drug-likeness (QED) is 0.520. The van der Waals surface area contributed by atoms with Crippen molar-refractivity contribution in [2.75, 3.05) is 0 Å². The molecular weight excluding hydrogens is 375 g/mol. The molecule has 1 amide bonds. The topological polar surface area (TPSA) is 82.2 Å². The molecule has 4 rings (SSSR count). The van der Waals surface area contributed by atoms with Crippen LogP contribution in [0.25, 0.3) is 5.82 Å². The number of carbonyl (C=O) groups is 1. The van der Waals surface area contributed by atoms with Crippen LogP contribution < -0.4 is 10.1 Å². The summed E-state index contributed by atoms with van der Waals surface area (Å²) in [5.74, 6) is 1.12. The van der Waals surface area contributed by atoms with Crippen LogP contribution in [0.1, 0.15) is 21.9 Å². The summed E-state index contributed by atoms with van der Waals surface area (Å²) in [5.41, 5.74) is 0.816. The van der Waals surface area contributed by atoms with Crippen molar-refractivity contribution in [3.63, 3.8) is 0 Å². The van der Waals surface area contributed by atoms with Gasteiger partial charge in [0.05, 0.1) is 0 Å². The summed E-state index contributed by atoms with van der Waals surface area (Å²) in [6, 6.07) is 14.4. The molecule has 7 nitrogen and oxygen atoms in total. The van der Waals surface area contributed by atoms with Crippen LogP contribution in [0.5, 0.6) is 5.75 Å². The van der Waals surface area contributed by atoms with Crippen LogP contribution >= 0.6 is 0 Å². The summed E-state index contributed by atoms with van der Waals surface area (Å²) in [5, 5.41) is 6.99. The third-order valence-electron chi connectivity index (χ3n) is 4.11. The summed E-state index contributed by atoms with van der Waals surface area (Å²) in [7, 11) is 0. The highest BCUT2D eigenvalue weighted by atomic mass is 19.1. The second-order valence-corrected chi connectivity index (χ2v) is 6.13. The maximum absolute atomic E-state index is 12.9. The highest BCUT2D eigenvalue weighted by Crippen LogP contribution is 2.16. The van der Waals surface area contributed by atoms with Crippen LogP contribution in [-0.2, 0) is 13.2 Å². The minimum Gasteiger partial charge on any atom is -0.486 e. The molecule has 0 fully saturated rings. The van der Waals surface area contributed by atoms with Crippen LogP contribution in [0.15, 0.2) is 77.6 Å². The molecule has 0 aliphatic heterocycles. The van der Waals surface area contributed by atoms with Crippen molar-refractivity contribution in [3.05, 3.63) is 96.1 Å². The number of hydrogen-bond donors (Lipinski definition) is 1. The standard InChI is InChI=1S/C21H17FN4O3/c22-16-4-6-17(7-5-16)28-14-18-8-9-19(29-18)21(27)24-13-15-3-1-10-23-20(15)26-12-2-11-25-26/h1-12H,13-14H2,(H,24,27). The normalized spacial score (nSPS) is 10.7. The zero-order chi connectivity index (χ0) is 20.1. The number of rotatable bonds is 7. The number of nitrogens with zero attached hydrogens (tertiary/aromatic N) is 3. The molecule has 146 valence electrons. The number of pyridine rings is 1. The minimum atomic E-state index is -0.353. The summed E-state index contributed by atoms with van der Waals surface area (Å²) in [4.78, 5) is 16.7. The van der Waals surface area contributed by atoms with Gasteiger partial charge in [-0.15, -0.1) is 0 Å². The molecule has 8 heteroatoms. The fraction of sp³-hybridized carbons (Fsp3) is 0.0952. The van der Waals surface area contributed by atoms with Gasteiger partial charge in [-0.1, -0.05) is 6.07 Å². The zero-order valence-electron chi connectivity index (χ0n) is 15.3. The van der Waals surface area contributed by atoms with Crippen molar-refractivity contribution < 1.29 is 18.3 Å². The van der Waals surface area contributed by atoms with E-state index in [9.17, 15) is 9.18 Å². The smallest absolute Gasteiger partial charge is 0.287 e. The average molecular weight is 392 g/mol. The Labute approximate surface area is 165 Å². The fourth-order valence-corrected chi connectivity index (χ4v) is 2.69. The number of hydrogen-bond acceptors (Lipinski definition) is 5. The fourth-order valence-electron chi connectivity index (χ4n) is 2.69. The third-order valence-corrected chi connectivity index (χ3v) is 4.11. The lowest BCUT2D eigenvalue weighted by Crippen LogP contribution is -2.23. The van der Waals surface area contributed by atoms with Crippen LogP contribution in [0, 0.1) is 5.82 Å². The molecule has 0 spiro atoms. The molecule has 0 saturated carbocycles. The zero-order valence-corrected chi connectivity index (χ0v) is 15.3. The highest BCUT2D eigenvalue weighted by Gasteiger charge is 2.13. The Kier molecular flexibility index (Phi) is 5.33. The number of nitrogens with one attached hydrogen (secondary N) is 1. The molecule has 0 atom stereocenters.